The quantitative estimate of drug-likeness (QED) is 0.188. The number of nitrogen functional groups attached to an aromatic ring is 1. The molecule has 202 valence electrons. The van der Waals surface area contributed by atoms with Crippen molar-refractivity contribution in [2.24, 2.45) is 5.73 Å². The van der Waals surface area contributed by atoms with E-state index in [1.807, 2.05) is 44.2 Å². The molecule has 9 heteroatoms. The van der Waals surface area contributed by atoms with E-state index < -0.39 is 0 Å². The number of amidine groups is 2. The van der Waals surface area contributed by atoms with Crippen LogP contribution in [0.25, 0.3) is 21.8 Å². The number of esters is 1. The molecule has 1 aliphatic rings. The third-order valence-corrected chi connectivity index (χ3v) is 7.72. The van der Waals surface area contributed by atoms with E-state index in [4.69, 9.17) is 26.3 Å². The first-order valence-corrected chi connectivity index (χ1v) is 13.2. The summed E-state index contributed by atoms with van der Waals surface area (Å²) in [4.78, 5) is 21.4. The van der Waals surface area contributed by atoms with Gasteiger partial charge in [0.1, 0.15) is 18.2 Å². The van der Waals surface area contributed by atoms with Crippen molar-refractivity contribution in [1.82, 2.24) is 14.5 Å². The highest BCUT2D eigenvalue weighted by Crippen LogP contribution is 2.29. The highest BCUT2D eigenvalue weighted by molar-refractivity contribution is 5.99. The summed E-state index contributed by atoms with van der Waals surface area (Å²) in [6.45, 7) is 6.24. The van der Waals surface area contributed by atoms with Gasteiger partial charge in [-0.2, -0.15) is 0 Å². The highest BCUT2D eigenvalue weighted by atomic mass is 16.5. The number of aromatic nitrogens is 2. The first-order valence-electron chi connectivity index (χ1n) is 13.2. The zero-order valence-electron chi connectivity index (χ0n) is 22.7. The second kappa shape index (κ2) is 10.8. The molecule has 0 spiro atoms. The number of hydrogen-bond donors (Lipinski definition) is 3. The van der Waals surface area contributed by atoms with Gasteiger partial charge in [0.05, 0.1) is 24.0 Å². The molecule has 0 unspecified atom stereocenters. The molecule has 1 aromatic heterocycles. The smallest absolute Gasteiger partial charge is 0.325 e. The molecule has 0 radical (unpaired) electrons. The molecule has 1 saturated heterocycles. The Kier molecular flexibility index (Phi) is 7.24. The van der Waals surface area contributed by atoms with Gasteiger partial charge in [0.2, 0.25) is 0 Å². The maximum Gasteiger partial charge on any atom is 0.325 e. The number of hydrogen-bond acceptors (Lipinski definition) is 6. The molecule has 0 aliphatic carbocycles. The van der Waals surface area contributed by atoms with Crippen LogP contribution in [0.2, 0.25) is 0 Å². The van der Waals surface area contributed by atoms with Gasteiger partial charge in [0, 0.05) is 36.9 Å². The Morgan fingerprint density at radius 3 is 2.51 bits per heavy atom. The van der Waals surface area contributed by atoms with Gasteiger partial charge in [-0.3, -0.25) is 15.6 Å². The number of methoxy groups -OCH3 is 1. The Morgan fingerprint density at radius 1 is 1.08 bits per heavy atom. The van der Waals surface area contributed by atoms with Crippen LogP contribution in [0.1, 0.15) is 36.7 Å². The van der Waals surface area contributed by atoms with Gasteiger partial charge in [0.15, 0.2) is 0 Å². The summed E-state index contributed by atoms with van der Waals surface area (Å²) < 4.78 is 7.24. The van der Waals surface area contributed by atoms with E-state index in [9.17, 15) is 4.79 Å². The van der Waals surface area contributed by atoms with Crippen LogP contribution in [-0.4, -0.2) is 64.9 Å². The molecule has 3 aromatic carbocycles. The number of ether oxygens (including phenoxy) is 1. The molecule has 4 aromatic rings. The summed E-state index contributed by atoms with van der Waals surface area (Å²) in [7, 11) is 1.42. The molecule has 0 saturated carbocycles. The number of nitrogens with zero attached hydrogens (tertiary/aromatic N) is 4. The van der Waals surface area contributed by atoms with Crippen molar-refractivity contribution in [3.05, 3.63) is 71.5 Å². The second-order valence-corrected chi connectivity index (χ2v) is 10.2. The Labute approximate surface area is 228 Å². The topological polar surface area (TPSA) is 124 Å². The lowest BCUT2D eigenvalue weighted by atomic mass is 10.0. The van der Waals surface area contributed by atoms with Gasteiger partial charge in [-0.15, -0.1) is 0 Å². The van der Waals surface area contributed by atoms with Gasteiger partial charge in [-0.25, -0.2) is 4.98 Å². The van der Waals surface area contributed by atoms with Crippen LogP contribution in [0.4, 0.5) is 5.69 Å². The number of fused-ring (bicyclic) bond motifs is 2. The molecule has 0 atom stereocenters. The predicted molar refractivity (Wildman–Crippen MR) is 156 cm³/mol. The number of nitrogens with one attached hydrogen (secondary N) is 2. The van der Waals surface area contributed by atoms with Crippen LogP contribution in [0.3, 0.4) is 0 Å². The van der Waals surface area contributed by atoms with Gasteiger partial charge in [-0.05, 0) is 73.4 Å². The first-order chi connectivity index (χ1) is 18.7. The lowest BCUT2D eigenvalue weighted by molar-refractivity contribution is -0.139. The van der Waals surface area contributed by atoms with Gasteiger partial charge in [-0.1, -0.05) is 24.3 Å². The van der Waals surface area contributed by atoms with Crippen LogP contribution in [0.5, 0.6) is 0 Å². The highest BCUT2D eigenvalue weighted by Gasteiger charge is 2.27. The average Bonchev–Trinajstić information content (AvgIpc) is 3.24. The molecular weight excluding hydrogens is 490 g/mol. The van der Waals surface area contributed by atoms with E-state index in [-0.39, 0.29) is 24.4 Å². The fourth-order valence-electron chi connectivity index (χ4n) is 5.50. The minimum Gasteiger partial charge on any atom is -0.468 e. The van der Waals surface area contributed by atoms with E-state index >= 15 is 0 Å². The average molecular weight is 526 g/mol. The molecule has 39 heavy (non-hydrogen) atoms. The van der Waals surface area contributed by atoms with Crippen molar-refractivity contribution < 1.29 is 9.53 Å². The molecular formula is C30H35N7O2. The zero-order chi connectivity index (χ0) is 27.7. The molecule has 0 amide bonds. The Hall–Kier alpha value is -4.40. The lowest BCUT2D eigenvalue weighted by Gasteiger charge is -2.39. The van der Waals surface area contributed by atoms with Crippen molar-refractivity contribution in [1.29, 1.82) is 10.8 Å². The third-order valence-electron chi connectivity index (χ3n) is 7.72. The van der Waals surface area contributed by atoms with Gasteiger partial charge < -0.3 is 24.8 Å². The predicted octanol–water partition coefficient (Wildman–Crippen LogP) is 4.27. The lowest BCUT2D eigenvalue weighted by Crippen LogP contribution is -2.48. The van der Waals surface area contributed by atoms with Gasteiger partial charge in [0.25, 0.3) is 0 Å². The van der Waals surface area contributed by atoms with Crippen LogP contribution in [0, 0.1) is 17.7 Å². The number of rotatable bonds is 7. The van der Waals surface area contributed by atoms with Crippen molar-refractivity contribution in [2.75, 3.05) is 31.6 Å². The van der Waals surface area contributed by atoms with E-state index in [1.165, 1.54) is 7.11 Å². The van der Waals surface area contributed by atoms with Crippen molar-refractivity contribution >= 4 is 45.1 Å². The van der Waals surface area contributed by atoms with Crippen LogP contribution in [0.15, 0.2) is 54.6 Å². The van der Waals surface area contributed by atoms with E-state index in [0.717, 1.165) is 64.8 Å². The molecule has 4 N–H and O–H groups in total. The van der Waals surface area contributed by atoms with E-state index in [2.05, 4.69) is 38.6 Å². The first kappa shape index (κ1) is 26.2. The number of aryl methyl sites for hydroxylation is 1. The number of carbonyl (C=O) groups excluding carboxylic acids is 1. The maximum atomic E-state index is 12.4. The zero-order valence-corrected chi connectivity index (χ0v) is 22.7. The molecule has 2 heterocycles. The number of nitrogens with two attached hydrogens (primary N) is 1. The number of carbonyl (C=O) groups is 1. The summed E-state index contributed by atoms with van der Waals surface area (Å²) in [5.74, 6) is 1.28. The number of piperidine rings is 1. The van der Waals surface area contributed by atoms with E-state index in [0.29, 0.717) is 17.9 Å². The Bertz CT molecular complexity index is 1570. The Morgan fingerprint density at radius 2 is 1.82 bits per heavy atom. The monoisotopic (exact) mass is 525 g/mol. The molecule has 1 fully saturated rings. The summed E-state index contributed by atoms with van der Waals surface area (Å²) in [6, 6.07) is 18.5. The fraction of sp³-hybridized carbons (Fsp3) is 0.333. The van der Waals surface area contributed by atoms with Crippen LogP contribution in [-0.2, 0) is 16.1 Å². The molecule has 5 rings (SSSR count). The summed E-state index contributed by atoms with van der Waals surface area (Å²) in [5, 5.41) is 17.9. The van der Waals surface area contributed by atoms with Gasteiger partial charge >= 0.3 is 5.97 Å². The van der Waals surface area contributed by atoms with Crippen molar-refractivity contribution in [3.63, 3.8) is 0 Å². The second-order valence-electron chi connectivity index (χ2n) is 10.2. The standard InChI is InChI=1S/C30H35N7O2/c1-19(31)35-12-10-25(11-13-35)37(18-29(38)39-3)26-8-9-27-28(16-26)36(20(2)34-27)17-21-4-5-22-6-7-23(30(32)33)15-24(22)14-21/h4-9,14-16,25,31H,10-13,17-18H2,1-3H3,(H3,32,33). The van der Waals surface area contributed by atoms with Crippen molar-refractivity contribution in [2.45, 2.75) is 39.3 Å². The number of likely N-dealkylation sites (tertiary alicyclic amines) is 1. The molecule has 9 nitrogen and oxygen atoms in total. The normalized spacial score (nSPS) is 14.1. The van der Waals surface area contributed by atoms with Crippen LogP contribution >= 0.6 is 0 Å². The van der Waals surface area contributed by atoms with Crippen LogP contribution < -0.4 is 10.6 Å². The number of benzene rings is 3. The van der Waals surface area contributed by atoms with E-state index in [1.54, 1.807) is 0 Å². The fourth-order valence-corrected chi connectivity index (χ4v) is 5.50. The summed E-state index contributed by atoms with van der Waals surface area (Å²) in [6.07, 6.45) is 1.73. The minimum atomic E-state index is -0.272. The third kappa shape index (κ3) is 5.43. The van der Waals surface area contributed by atoms with Crippen molar-refractivity contribution in [3.8, 4) is 0 Å². The summed E-state index contributed by atoms with van der Waals surface area (Å²) in [5.41, 5.74) is 10.4. The number of imidazole rings is 1. The molecule has 1 aliphatic heterocycles. The SMILES string of the molecule is COC(=O)CN(c1ccc2nc(C)n(Cc3ccc4ccc(C(=N)N)cc4c3)c2c1)C1CCN(C(C)=N)CC1. The minimum absolute atomic E-state index is 0.0569. The maximum absolute atomic E-state index is 12.4. The molecule has 0 bridgehead atoms. The Balaban J connectivity index is 1.48. The summed E-state index contributed by atoms with van der Waals surface area (Å²) >= 11 is 0. The largest absolute Gasteiger partial charge is 0.468 e. The number of anilines is 1.